The van der Waals surface area contributed by atoms with Gasteiger partial charge in [-0.1, -0.05) is 25.9 Å². The molecule has 3 nitrogen and oxygen atoms in total. The first kappa shape index (κ1) is 7.80. The van der Waals surface area contributed by atoms with Gasteiger partial charge in [-0.3, -0.25) is 0 Å². The van der Waals surface area contributed by atoms with Crippen molar-refractivity contribution in [2.24, 2.45) is 0 Å². The van der Waals surface area contributed by atoms with Crippen LogP contribution in [0.1, 0.15) is 32.1 Å². The van der Waals surface area contributed by atoms with E-state index in [1.165, 1.54) is 6.20 Å². The summed E-state index contributed by atoms with van der Waals surface area (Å²) in [4.78, 5) is 0. The quantitative estimate of drug-likeness (QED) is 0.567. The maximum absolute atomic E-state index is 8.62. The SMILES string of the molecule is CC(C)(C)c1oncc1C#N. The summed E-state index contributed by atoms with van der Waals surface area (Å²) in [6.07, 6.45) is 1.45. The van der Waals surface area contributed by atoms with Crippen LogP contribution in [0.25, 0.3) is 0 Å². The van der Waals surface area contributed by atoms with Crippen LogP contribution in [0.2, 0.25) is 0 Å². The fraction of sp³-hybridized carbons (Fsp3) is 0.500. The van der Waals surface area contributed by atoms with E-state index in [0.717, 1.165) is 0 Å². The van der Waals surface area contributed by atoms with Crippen molar-refractivity contribution in [3.63, 3.8) is 0 Å². The Hall–Kier alpha value is -1.30. The third-order valence-corrected chi connectivity index (χ3v) is 1.37. The van der Waals surface area contributed by atoms with E-state index in [0.29, 0.717) is 11.3 Å². The molecular weight excluding hydrogens is 140 g/mol. The first-order valence-electron chi connectivity index (χ1n) is 3.41. The summed E-state index contributed by atoms with van der Waals surface area (Å²) >= 11 is 0. The van der Waals surface area contributed by atoms with Crippen molar-refractivity contribution in [1.82, 2.24) is 5.16 Å². The number of nitriles is 1. The highest BCUT2D eigenvalue weighted by molar-refractivity contribution is 5.32. The Morgan fingerprint density at radius 3 is 2.55 bits per heavy atom. The van der Waals surface area contributed by atoms with E-state index in [1.54, 1.807) is 0 Å². The first-order valence-corrected chi connectivity index (χ1v) is 3.41. The molecule has 0 aliphatic carbocycles. The fourth-order valence-corrected chi connectivity index (χ4v) is 0.860. The van der Waals surface area contributed by atoms with E-state index < -0.39 is 0 Å². The predicted octanol–water partition coefficient (Wildman–Crippen LogP) is 1.84. The standard InChI is InChI=1S/C8H10N2O/c1-8(2,3)7-6(4-9)5-10-11-7/h5H,1-3H3. The highest BCUT2D eigenvalue weighted by Crippen LogP contribution is 2.24. The summed E-state index contributed by atoms with van der Waals surface area (Å²) in [6, 6.07) is 2.03. The van der Waals surface area contributed by atoms with Gasteiger partial charge in [0.15, 0.2) is 5.76 Å². The van der Waals surface area contributed by atoms with E-state index in [1.807, 2.05) is 26.8 Å². The zero-order chi connectivity index (χ0) is 8.48. The van der Waals surface area contributed by atoms with Crippen molar-refractivity contribution in [3.8, 4) is 6.07 Å². The Morgan fingerprint density at radius 2 is 2.18 bits per heavy atom. The largest absolute Gasteiger partial charge is 0.359 e. The third kappa shape index (κ3) is 1.40. The van der Waals surface area contributed by atoms with E-state index >= 15 is 0 Å². The molecule has 0 radical (unpaired) electrons. The Morgan fingerprint density at radius 1 is 1.55 bits per heavy atom. The molecule has 0 fully saturated rings. The lowest BCUT2D eigenvalue weighted by Gasteiger charge is -2.13. The molecule has 0 N–H and O–H groups in total. The molecule has 0 saturated heterocycles. The van der Waals surface area contributed by atoms with Gasteiger partial charge >= 0.3 is 0 Å². The fourth-order valence-electron chi connectivity index (χ4n) is 0.860. The molecule has 0 bridgehead atoms. The average molecular weight is 150 g/mol. The topological polar surface area (TPSA) is 49.8 Å². The number of hydrogen-bond acceptors (Lipinski definition) is 3. The molecule has 0 saturated carbocycles. The van der Waals surface area contributed by atoms with Gasteiger partial charge in [0.1, 0.15) is 11.6 Å². The summed E-state index contributed by atoms with van der Waals surface area (Å²) < 4.78 is 4.95. The summed E-state index contributed by atoms with van der Waals surface area (Å²) in [5, 5.41) is 12.2. The highest BCUT2D eigenvalue weighted by Gasteiger charge is 2.22. The average Bonchev–Trinajstić information content (AvgIpc) is 2.31. The Bertz CT molecular complexity index is 288. The van der Waals surface area contributed by atoms with Crippen LogP contribution in [0.15, 0.2) is 10.7 Å². The lowest BCUT2D eigenvalue weighted by atomic mass is 9.91. The van der Waals surface area contributed by atoms with Gasteiger partial charge in [0.05, 0.1) is 6.20 Å². The molecule has 0 amide bonds. The van der Waals surface area contributed by atoms with Crippen LogP contribution in [0, 0.1) is 11.3 Å². The minimum Gasteiger partial charge on any atom is -0.359 e. The van der Waals surface area contributed by atoms with Crippen LogP contribution in [-0.2, 0) is 5.41 Å². The van der Waals surface area contributed by atoms with Crippen LogP contribution in [0.4, 0.5) is 0 Å². The number of aromatic nitrogens is 1. The minimum absolute atomic E-state index is 0.137. The second kappa shape index (κ2) is 2.39. The number of nitrogens with zero attached hydrogens (tertiary/aromatic N) is 2. The molecule has 1 aromatic rings. The van der Waals surface area contributed by atoms with Crippen molar-refractivity contribution in [2.45, 2.75) is 26.2 Å². The summed E-state index contributed by atoms with van der Waals surface area (Å²) in [5.41, 5.74) is 0.388. The minimum atomic E-state index is -0.137. The van der Waals surface area contributed by atoms with Crippen molar-refractivity contribution in [1.29, 1.82) is 5.26 Å². The highest BCUT2D eigenvalue weighted by atomic mass is 16.5. The van der Waals surface area contributed by atoms with Gasteiger partial charge in [0, 0.05) is 5.41 Å². The zero-order valence-electron chi connectivity index (χ0n) is 6.88. The molecular formula is C8H10N2O. The van der Waals surface area contributed by atoms with E-state index in [9.17, 15) is 0 Å². The molecule has 1 aromatic heterocycles. The van der Waals surface area contributed by atoms with Crippen LogP contribution in [0.3, 0.4) is 0 Å². The van der Waals surface area contributed by atoms with Crippen LogP contribution in [-0.4, -0.2) is 5.16 Å². The van der Waals surface area contributed by atoms with Crippen molar-refractivity contribution >= 4 is 0 Å². The van der Waals surface area contributed by atoms with Crippen molar-refractivity contribution in [3.05, 3.63) is 17.5 Å². The maximum Gasteiger partial charge on any atom is 0.159 e. The molecule has 0 atom stereocenters. The Labute approximate surface area is 65.6 Å². The maximum atomic E-state index is 8.62. The summed E-state index contributed by atoms with van der Waals surface area (Å²) in [7, 11) is 0. The van der Waals surface area contributed by atoms with Crippen LogP contribution >= 0.6 is 0 Å². The second-order valence-corrected chi connectivity index (χ2v) is 3.43. The van der Waals surface area contributed by atoms with E-state index in [2.05, 4.69) is 5.16 Å². The molecule has 58 valence electrons. The summed E-state index contributed by atoms with van der Waals surface area (Å²) in [6.45, 7) is 5.94. The molecule has 0 aromatic carbocycles. The third-order valence-electron chi connectivity index (χ3n) is 1.37. The summed E-state index contributed by atoms with van der Waals surface area (Å²) in [5.74, 6) is 0.653. The first-order chi connectivity index (χ1) is 5.05. The van der Waals surface area contributed by atoms with Gasteiger partial charge in [0.2, 0.25) is 0 Å². The molecule has 0 aliphatic heterocycles. The lowest BCUT2D eigenvalue weighted by Crippen LogP contribution is -2.11. The van der Waals surface area contributed by atoms with Gasteiger partial charge < -0.3 is 4.52 Å². The Balaban J connectivity index is 3.15. The van der Waals surface area contributed by atoms with E-state index in [4.69, 9.17) is 9.78 Å². The number of rotatable bonds is 0. The van der Waals surface area contributed by atoms with Gasteiger partial charge in [-0.25, -0.2) is 0 Å². The molecule has 1 heterocycles. The number of hydrogen-bond donors (Lipinski definition) is 0. The monoisotopic (exact) mass is 150 g/mol. The second-order valence-electron chi connectivity index (χ2n) is 3.43. The molecule has 0 spiro atoms. The van der Waals surface area contributed by atoms with Crippen LogP contribution in [0.5, 0.6) is 0 Å². The van der Waals surface area contributed by atoms with Gasteiger partial charge in [-0.2, -0.15) is 5.26 Å². The zero-order valence-corrected chi connectivity index (χ0v) is 6.88. The lowest BCUT2D eigenvalue weighted by molar-refractivity contribution is 0.328. The molecule has 0 aliphatic rings. The van der Waals surface area contributed by atoms with Gasteiger partial charge in [-0.15, -0.1) is 0 Å². The molecule has 1 rings (SSSR count). The smallest absolute Gasteiger partial charge is 0.159 e. The van der Waals surface area contributed by atoms with E-state index in [-0.39, 0.29) is 5.41 Å². The van der Waals surface area contributed by atoms with Gasteiger partial charge in [-0.05, 0) is 0 Å². The molecule has 11 heavy (non-hydrogen) atoms. The molecule has 3 heteroatoms. The molecule has 0 unspecified atom stereocenters. The van der Waals surface area contributed by atoms with Crippen LogP contribution < -0.4 is 0 Å². The Kier molecular flexibility index (Phi) is 1.69. The normalized spacial score (nSPS) is 11.1. The van der Waals surface area contributed by atoms with Gasteiger partial charge in [0.25, 0.3) is 0 Å². The van der Waals surface area contributed by atoms with Crippen molar-refractivity contribution < 1.29 is 4.52 Å². The van der Waals surface area contributed by atoms with Crippen molar-refractivity contribution in [2.75, 3.05) is 0 Å². The predicted molar refractivity (Wildman–Crippen MR) is 39.9 cm³/mol.